The monoisotopic (exact) mass is 552 g/mol. The fraction of sp³-hybridized carbons (Fsp3) is 0.583. The number of aromatic nitrogens is 2. The van der Waals surface area contributed by atoms with Crippen molar-refractivity contribution in [3.63, 3.8) is 0 Å². The van der Waals surface area contributed by atoms with Crippen LogP contribution < -0.4 is 5.32 Å². The van der Waals surface area contributed by atoms with E-state index in [0.29, 0.717) is 6.61 Å². The van der Waals surface area contributed by atoms with Gasteiger partial charge in [0.25, 0.3) is 0 Å². The molecular formula is C24H37IN6O. The Bertz CT molecular complexity index is 868. The Morgan fingerprint density at radius 3 is 2.66 bits per heavy atom. The Morgan fingerprint density at radius 2 is 1.97 bits per heavy atom. The van der Waals surface area contributed by atoms with Crippen LogP contribution in [0.1, 0.15) is 42.6 Å². The molecule has 3 heterocycles. The van der Waals surface area contributed by atoms with Crippen LogP contribution in [0.3, 0.4) is 0 Å². The zero-order valence-electron chi connectivity index (χ0n) is 19.5. The standard InChI is InChI=1S/C24H36N6O.HI/c1-19-5-4-10-29(15-19)16-21-8-6-20(7-9-21)13-26-24(25-2)30-11-12-31-23(18-30)22-14-27-28(3)17-22;/h6-9,14,17,19,23H,4-5,10-13,15-16,18H2,1-3H3,(H,25,26);1H. The number of benzene rings is 1. The van der Waals surface area contributed by atoms with Crippen LogP contribution in [0.15, 0.2) is 41.7 Å². The molecule has 1 aromatic heterocycles. The molecule has 2 fully saturated rings. The maximum Gasteiger partial charge on any atom is 0.194 e. The van der Waals surface area contributed by atoms with Crippen molar-refractivity contribution < 1.29 is 4.74 Å². The number of halogens is 1. The van der Waals surface area contributed by atoms with Gasteiger partial charge in [-0.15, -0.1) is 24.0 Å². The fourth-order valence-electron chi connectivity index (χ4n) is 4.61. The minimum atomic E-state index is 0. The topological polar surface area (TPSA) is 57.9 Å². The van der Waals surface area contributed by atoms with E-state index in [2.05, 4.69) is 56.4 Å². The van der Waals surface area contributed by atoms with Gasteiger partial charge in [0, 0.05) is 52.0 Å². The Labute approximate surface area is 209 Å². The van der Waals surface area contributed by atoms with Crippen molar-refractivity contribution in [1.29, 1.82) is 0 Å². The summed E-state index contributed by atoms with van der Waals surface area (Å²) in [5, 5.41) is 7.80. The van der Waals surface area contributed by atoms with Crippen molar-refractivity contribution in [3.8, 4) is 0 Å². The molecule has 0 saturated carbocycles. The molecule has 0 aliphatic carbocycles. The first-order valence-corrected chi connectivity index (χ1v) is 11.5. The normalized spacial score (nSPS) is 22.5. The first-order valence-electron chi connectivity index (χ1n) is 11.5. The van der Waals surface area contributed by atoms with Crippen molar-refractivity contribution in [2.24, 2.45) is 18.0 Å². The van der Waals surface area contributed by atoms with E-state index in [1.54, 1.807) is 0 Å². The second-order valence-electron chi connectivity index (χ2n) is 8.95. The molecule has 0 spiro atoms. The summed E-state index contributed by atoms with van der Waals surface area (Å²) in [6.45, 7) is 8.93. The van der Waals surface area contributed by atoms with E-state index in [4.69, 9.17) is 4.74 Å². The van der Waals surface area contributed by atoms with E-state index in [0.717, 1.165) is 43.6 Å². The number of aliphatic imine (C=N–C) groups is 1. The van der Waals surface area contributed by atoms with Gasteiger partial charge in [0.2, 0.25) is 0 Å². The van der Waals surface area contributed by atoms with E-state index >= 15 is 0 Å². The predicted octanol–water partition coefficient (Wildman–Crippen LogP) is 3.42. The second kappa shape index (κ2) is 12.0. The van der Waals surface area contributed by atoms with E-state index in [9.17, 15) is 0 Å². The van der Waals surface area contributed by atoms with Crippen molar-refractivity contribution >= 4 is 29.9 Å². The number of nitrogens with zero attached hydrogens (tertiary/aromatic N) is 5. The molecule has 0 bridgehead atoms. The molecule has 4 rings (SSSR count). The number of nitrogens with one attached hydrogen (secondary N) is 1. The van der Waals surface area contributed by atoms with E-state index in [-0.39, 0.29) is 30.1 Å². The first-order chi connectivity index (χ1) is 15.1. The molecule has 2 unspecified atom stereocenters. The highest BCUT2D eigenvalue weighted by Crippen LogP contribution is 2.22. The molecule has 0 radical (unpaired) electrons. The molecule has 1 aromatic carbocycles. The lowest BCUT2D eigenvalue weighted by atomic mass is 9.99. The van der Waals surface area contributed by atoms with Crippen LogP contribution in [-0.4, -0.2) is 65.4 Å². The predicted molar refractivity (Wildman–Crippen MR) is 139 cm³/mol. The molecule has 0 amide bonds. The lowest BCUT2D eigenvalue weighted by molar-refractivity contribution is -0.00805. The number of hydrogen-bond donors (Lipinski definition) is 1. The molecule has 32 heavy (non-hydrogen) atoms. The largest absolute Gasteiger partial charge is 0.370 e. The number of ether oxygens (including phenoxy) is 1. The summed E-state index contributed by atoms with van der Waals surface area (Å²) >= 11 is 0. The average molecular weight is 553 g/mol. The Hall–Kier alpha value is -1.65. The zero-order valence-corrected chi connectivity index (χ0v) is 21.9. The number of rotatable bonds is 5. The van der Waals surface area contributed by atoms with E-state index < -0.39 is 0 Å². The fourth-order valence-corrected chi connectivity index (χ4v) is 4.61. The molecule has 7 nitrogen and oxygen atoms in total. The van der Waals surface area contributed by atoms with Crippen molar-refractivity contribution in [2.75, 3.05) is 39.8 Å². The summed E-state index contributed by atoms with van der Waals surface area (Å²) < 4.78 is 7.79. The quantitative estimate of drug-likeness (QED) is 0.350. The van der Waals surface area contributed by atoms with Crippen LogP contribution in [0.2, 0.25) is 0 Å². The van der Waals surface area contributed by atoms with Crippen molar-refractivity contribution in [1.82, 2.24) is 24.9 Å². The van der Waals surface area contributed by atoms with Gasteiger partial charge in [-0.1, -0.05) is 31.2 Å². The molecule has 2 aromatic rings. The third-order valence-corrected chi connectivity index (χ3v) is 6.30. The number of hydrogen-bond acceptors (Lipinski definition) is 4. The van der Waals surface area contributed by atoms with Crippen molar-refractivity contribution in [2.45, 2.75) is 39.0 Å². The zero-order chi connectivity index (χ0) is 21.6. The number of morpholine rings is 1. The summed E-state index contributed by atoms with van der Waals surface area (Å²) in [5.74, 6) is 1.74. The number of guanidine groups is 1. The van der Waals surface area contributed by atoms with Gasteiger partial charge in [0.15, 0.2) is 5.96 Å². The summed E-state index contributed by atoms with van der Waals surface area (Å²) in [6.07, 6.45) is 6.63. The van der Waals surface area contributed by atoms with Gasteiger partial charge in [-0.05, 0) is 36.4 Å². The minimum Gasteiger partial charge on any atom is -0.370 e. The summed E-state index contributed by atoms with van der Waals surface area (Å²) in [6, 6.07) is 9.01. The summed E-state index contributed by atoms with van der Waals surface area (Å²) in [4.78, 5) is 9.37. The van der Waals surface area contributed by atoms with Crippen LogP contribution in [-0.2, 0) is 24.9 Å². The summed E-state index contributed by atoms with van der Waals surface area (Å²) in [7, 11) is 3.78. The van der Waals surface area contributed by atoms with Crippen molar-refractivity contribution in [3.05, 3.63) is 53.3 Å². The smallest absolute Gasteiger partial charge is 0.194 e. The van der Waals surface area contributed by atoms with Gasteiger partial charge < -0.3 is 15.0 Å². The van der Waals surface area contributed by atoms with Crippen LogP contribution >= 0.6 is 24.0 Å². The SMILES string of the molecule is CN=C(NCc1ccc(CN2CCCC(C)C2)cc1)N1CCOC(c2cnn(C)c2)C1.I. The van der Waals surface area contributed by atoms with Crippen LogP contribution in [0, 0.1) is 5.92 Å². The highest BCUT2D eigenvalue weighted by atomic mass is 127. The highest BCUT2D eigenvalue weighted by molar-refractivity contribution is 14.0. The molecule has 2 atom stereocenters. The first kappa shape index (κ1) is 25.0. The molecular weight excluding hydrogens is 515 g/mol. The van der Waals surface area contributed by atoms with Gasteiger partial charge in [-0.3, -0.25) is 14.6 Å². The van der Waals surface area contributed by atoms with Crippen LogP contribution in [0.25, 0.3) is 0 Å². The van der Waals surface area contributed by atoms with Gasteiger partial charge in [0.05, 0.1) is 19.3 Å². The summed E-state index contributed by atoms with van der Waals surface area (Å²) in [5.41, 5.74) is 3.78. The van der Waals surface area contributed by atoms with Gasteiger partial charge >= 0.3 is 0 Å². The third-order valence-electron chi connectivity index (χ3n) is 6.30. The van der Waals surface area contributed by atoms with Crippen LogP contribution in [0.4, 0.5) is 0 Å². The molecule has 2 aliphatic heterocycles. The van der Waals surface area contributed by atoms with Gasteiger partial charge in [-0.2, -0.15) is 5.10 Å². The Morgan fingerprint density at radius 1 is 1.19 bits per heavy atom. The van der Waals surface area contributed by atoms with Crippen LogP contribution in [0.5, 0.6) is 0 Å². The molecule has 8 heteroatoms. The van der Waals surface area contributed by atoms with Gasteiger partial charge in [-0.25, -0.2) is 0 Å². The number of piperidine rings is 1. The third kappa shape index (κ3) is 6.68. The molecule has 1 N–H and O–H groups in total. The molecule has 176 valence electrons. The number of likely N-dealkylation sites (tertiary alicyclic amines) is 1. The lowest BCUT2D eigenvalue weighted by Gasteiger charge is -2.34. The van der Waals surface area contributed by atoms with Gasteiger partial charge in [0.1, 0.15) is 6.10 Å². The Kier molecular flexibility index (Phi) is 9.36. The average Bonchev–Trinajstić information content (AvgIpc) is 3.22. The highest BCUT2D eigenvalue weighted by Gasteiger charge is 2.25. The maximum absolute atomic E-state index is 5.97. The Balaban J connectivity index is 0.00000289. The minimum absolute atomic E-state index is 0. The maximum atomic E-state index is 5.97. The van der Waals surface area contributed by atoms with E-state index in [1.165, 1.54) is 37.1 Å². The second-order valence-corrected chi connectivity index (χ2v) is 8.95. The molecule has 2 aliphatic rings. The number of aryl methyl sites for hydroxylation is 1. The molecule has 2 saturated heterocycles. The van der Waals surface area contributed by atoms with E-state index in [1.807, 2.05) is 31.2 Å². The lowest BCUT2D eigenvalue weighted by Crippen LogP contribution is -2.47.